The highest BCUT2D eigenvalue weighted by atomic mass is 32.2. The first-order chi connectivity index (χ1) is 14.2. The minimum Gasteiger partial charge on any atom is -0.369 e. The molecule has 0 aromatic heterocycles. The number of amides is 3. The zero-order valence-corrected chi connectivity index (χ0v) is 17.7. The summed E-state index contributed by atoms with van der Waals surface area (Å²) in [5.74, 6) is -0.483. The van der Waals surface area contributed by atoms with Crippen LogP contribution in [-0.4, -0.2) is 81.3 Å². The van der Waals surface area contributed by atoms with Gasteiger partial charge in [0.2, 0.25) is 5.91 Å². The van der Waals surface area contributed by atoms with Crippen LogP contribution in [0, 0.1) is 11.7 Å². The fourth-order valence-electron chi connectivity index (χ4n) is 4.58. The van der Waals surface area contributed by atoms with Crippen molar-refractivity contribution >= 4 is 21.8 Å². The van der Waals surface area contributed by atoms with Crippen LogP contribution in [-0.2, 0) is 25.8 Å². The molecule has 3 heterocycles. The molecule has 0 radical (unpaired) electrons. The number of likely N-dealkylation sites (tertiary alicyclic amines) is 2. The molecule has 0 atom stereocenters. The average Bonchev–Trinajstić information content (AvgIpc) is 2.66. The molecule has 3 aliphatic heterocycles. The lowest BCUT2D eigenvalue weighted by Gasteiger charge is -2.52. The largest absolute Gasteiger partial charge is 0.369 e. The normalized spacial score (nSPS) is 22.0. The van der Waals surface area contributed by atoms with E-state index in [1.165, 1.54) is 6.07 Å². The smallest absolute Gasteiger partial charge is 0.320 e. The first-order valence-corrected chi connectivity index (χ1v) is 12.0. The lowest BCUT2D eigenvalue weighted by atomic mass is 9.88. The molecule has 1 N–H and O–H groups in total. The molecule has 0 saturated carbocycles. The summed E-state index contributed by atoms with van der Waals surface area (Å²) in [5, 5.41) is 2.92. The van der Waals surface area contributed by atoms with Gasteiger partial charge < -0.3 is 19.9 Å². The van der Waals surface area contributed by atoms with E-state index in [0.717, 1.165) is 25.2 Å². The maximum Gasteiger partial charge on any atom is 0.320 e. The third-order valence-electron chi connectivity index (χ3n) is 6.10. The Morgan fingerprint density at radius 2 is 1.97 bits per heavy atom. The Balaban J connectivity index is 1.31. The monoisotopic (exact) mass is 439 g/mol. The SMILES string of the molecule is CS(=O)(=O)c1cc(F)ccc1CC1CCN(C(=O)N2CC3(COCC(=O)N3)C2)CC1. The van der Waals surface area contributed by atoms with Crippen molar-refractivity contribution in [3.05, 3.63) is 29.6 Å². The van der Waals surface area contributed by atoms with Gasteiger partial charge >= 0.3 is 6.03 Å². The summed E-state index contributed by atoms with van der Waals surface area (Å²) in [6, 6.07) is 3.87. The summed E-state index contributed by atoms with van der Waals surface area (Å²) in [7, 11) is -3.51. The van der Waals surface area contributed by atoms with E-state index in [0.29, 0.717) is 44.8 Å². The van der Waals surface area contributed by atoms with Gasteiger partial charge in [-0.2, -0.15) is 0 Å². The molecule has 8 nitrogen and oxygen atoms in total. The fourth-order valence-corrected chi connectivity index (χ4v) is 5.53. The number of rotatable bonds is 3. The van der Waals surface area contributed by atoms with E-state index in [1.54, 1.807) is 15.9 Å². The highest BCUT2D eigenvalue weighted by molar-refractivity contribution is 7.90. The zero-order chi connectivity index (χ0) is 21.5. The zero-order valence-electron chi connectivity index (χ0n) is 16.9. The standard InChI is InChI=1S/C20H26FN3O5S/c1-30(27,28)17-9-16(21)3-2-15(17)8-14-4-6-23(7-5-14)19(26)24-11-20(12-24)13-29-10-18(25)22-20/h2-3,9,14H,4-8,10-13H2,1H3,(H,22,25). The van der Waals surface area contributed by atoms with Crippen LogP contribution in [0.15, 0.2) is 23.1 Å². The molecular formula is C20H26FN3O5S. The predicted molar refractivity (Wildman–Crippen MR) is 106 cm³/mol. The second kappa shape index (κ2) is 7.81. The van der Waals surface area contributed by atoms with Gasteiger partial charge in [-0.25, -0.2) is 17.6 Å². The molecule has 0 aliphatic carbocycles. The predicted octanol–water partition coefficient (Wildman–Crippen LogP) is 0.805. The third kappa shape index (κ3) is 4.29. The Morgan fingerprint density at radius 3 is 2.60 bits per heavy atom. The van der Waals surface area contributed by atoms with Crippen LogP contribution in [0.5, 0.6) is 0 Å². The number of halogens is 1. The summed E-state index contributed by atoms with van der Waals surface area (Å²) in [5.41, 5.74) is 0.176. The minimum atomic E-state index is -3.51. The number of nitrogens with zero attached hydrogens (tertiary/aromatic N) is 2. The molecular weight excluding hydrogens is 413 g/mol. The third-order valence-corrected chi connectivity index (χ3v) is 7.27. The molecule has 4 rings (SSSR count). The van der Waals surface area contributed by atoms with Crippen molar-refractivity contribution in [3.63, 3.8) is 0 Å². The molecule has 10 heteroatoms. The number of carbonyl (C=O) groups excluding carboxylic acids is 2. The molecule has 3 fully saturated rings. The number of sulfone groups is 1. The quantitative estimate of drug-likeness (QED) is 0.752. The van der Waals surface area contributed by atoms with Crippen molar-refractivity contribution in [1.29, 1.82) is 0 Å². The van der Waals surface area contributed by atoms with Gasteiger partial charge in [-0.3, -0.25) is 4.79 Å². The van der Waals surface area contributed by atoms with Crippen molar-refractivity contribution in [2.45, 2.75) is 29.7 Å². The van der Waals surface area contributed by atoms with Gasteiger partial charge in [-0.15, -0.1) is 0 Å². The molecule has 3 saturated heterocycles. The molecule has 1 aromatic carbocycles. The summed E-state index contributed by atoms with van der Waals surface area (Å²) < 4.78 is 42.8. The van der Waals surface area contributed by atoms with Crippen LogP contribution in [0.4, 0.5) is 9.18 Å². The Morgan fingerprint density at radius 1 is 1.27 bits per heavy atom. The molecule has 1 spiro atoms. The van der Waals surface area contributed by atoms with E-state index in [2.05, 4.69) is 5.32 Å². The Kier molecular flexibility index (Phi) is 5.48. The number of piperidine rings is 1. The number of urea groups is 1. The molecule has 164 valence electrons. The molecule has 3 amide bonds. The van der Waals surface area contributed by atoms with E-state index < -0.39 is 21.2 Å². The molecule has 0 unspecified atom stereocenters. The van der Waals surface area contributed by atoms with Gasteiger partial charge in [0.15, 0.2) is 9.84 Å². The topological polar surface area (TPSA) is 96.0 Å². The highest BCUT2D eigenvalue weighted by Crippen LogP contribution is 2.29. The molecule has 1 aromatic rings. The lowest BCUT2D eigenvalue weighted by molar-refractivity contribution is -0.141. The fraction of sp³-hybridized carbons (Fsp3) is 0.600. The van der Waals surface area contributed by atoms with Gasteiger partial charge in [0.25, 0.3) is 0 Å². The van der Waals surface area contributed by atoms with Crippen molar-refractivity contribution in [3.8, 4) is 0 Å². The minimum absolute atomic E-state index is 0.0440. The van der Waals surface area contributed by atoms with Crippen LogP contribution in [0.2, 0.25) is 0 Å². The van der Waals surface area contributed by atoms with Gasteiger partial charge in [-0.05, 0) is 42.9 Å². The second-order valence-corrected chi connectivity index (χ2v) is 10.6. The molecule has 30 heavy (non-hydrogen) atoms. The van der Waals surface area contributed by atoms with E-state index in [9.17, 15) is 22.4 Å². The second-order valence-electron chi connectivity index (χ2n) is 8.62. The molecule has 3 aliphatic rings. The van der Waals surface area contributed by atoms with Crippen LogP contribution >= 0.6 is 0 Å². The lowest BCUT2D eigenvalue weighted by Crippen LogP contribution is -2.76. The van der Waals surface area contributed by atoms with E-state index in [4.69, 9.17) is 4.74 Å². The first kappa shape index (κ1) is 21.0. The number of benzene rings is 1. The van der Waals surface area contributed by atoms with Crippen molar-refractivity contribution in [2.24, 2.45) is 5.92 Å². The van der Waals surface area contributed by atoms with Crippen molar-refractivity contribution in [1.82, 2.24) is 15.1 Å². The van der Waals surface area contributed by atoms with Crippen LogP contribution in [0.25, 0.3) is 0 Å². The highest BCUT2D eigenvalue weighted by Gasteiger charge is 2.49. The number of carbonyl (C=O) groups is 2. The Labute approximate surface area is 175 Å². The van der Waals surface area contributed by atoms with Gasteiger partial charge in [0.1, 0.15) is 12.4 Å². The number of nitrogens with one attached hydrogen (secondary N) is 1. The molecule has 0 bridgehead atoms. The number of ether oxygens (including phenoxy) is 1. The maximum atomic E-state index is 13.5. The van der Waals surface area contributed by atoms with E-state index in [-0.39, 0.29) is 29.4 Å². The number of hydrogen-bond donors (Lipinski definition) is 1. The summed E-state index contributed by atoms with van der Waals surface area (Å²) in [6.07, 6.45) is 3.14. The Hall–Kier alpha value is -2.20. The van der Waals surface area contributed by atoms with Crippen LogP contribution in [0.3, 0.4) is 0 Å². The van der Waals surface area contributed by atoms with Crippen LogP contribution < -0.4 is 5.32 Å². The van der Waals surface area contributed by atoms with E-state index >= 15 is 0 Å². The maximum absolute atomic E-state index is 13.5. The average molecular weight is 440 g/mol. The Bertz CT molecular complexity index is 953. The van der Waals surface area contributed by atoms with Gasteiger partial charge in [0, 0.05) is 32.4 Å². The van der Waals surface area contributed by atoms with Gasteiger partial charge in [-0.1, -0.05) is 6.07 Å². The number of morpholine rings is 1. The van der Waals surface area contributed by atoms with Crippen molar-refractivity contribution in [2.75, 3.05) is 45.6 Å². The number of hydrogen-bond acceptors (Lipinski definition) is 5. The summed E-state index contributed by atoms with van der Waals surface area (Å²) in [4.78, 5) is 27.9. The summed E-state index contributed by atoms with van der Waals surface area (Å²) >= 11 is 0. The first-order valence-electron chi connectivity index (χ1n) is 10.1. The van der Waals surface area contributed by atoms with Crippen molar-refractivity contribution < 1.29 is 27.1 Å². The van der Waals surface area contributed by atoms with Gasteiger partial charge in [0.05, 0.1) is 17.0 Å². The summed E-state index contributed by atoms with van der Waals surface area (Å²) in [6.45, 7) is 2.56. The van der Waals surface area contributed by atoms with E-state index in [1.807, 2.05) is 0 Å². The van der Waals surface area contributed by atoms with Crippen LogP contribution in [0.1, 0.15) is 18.4 Å².